The zero-order valence-electron chi connectivity index (χ0n) is 19.1. The second-order valence-electron chi connectivity index (χ2n) is 7.47. The third kappa shape index (κ3) is 4.92. The Morgan fingerprint density at radius 2 is 1.67 bits per heavy atom. The van der Waals surface area contributed by atoms with Gasteiger partial charge < -0.3 is 14.2 Å². The number of hydrogen-bond donors (Lipinski definition) is 0. The van der Waals surface area contributed by atoms with Crippen molar-refractivity contribution < 1.29 is 32.6 Å². The molecule has 4 rings (SSSR count). The summed E-state index contributed by atoms with van der Waals surface area (Å²) in [5, 5.41) is 4.80. The Morgan fingerprint density at radius 3 is 2.36 bits per heavy atom. The van der Waals surface area contributed by atoms with Crippen LogP contribution in [0.2, 0.25) is 5.02 Å². The molecule has 0 aliphatic carbocycles. The summed E-state index contributed by atoms with van der Waals surface area (Å²) in [6.45, 7) is -0.324. The summed E-state index contributed by atoms with van der Waals surface area (Å²) in [6, 6.07) is 16.1. The minimum Gasteiger partial charge on any atom is -0.488 e. The molecule has 1 aromatic heterocycles. The number of nitrogens with zero attached hydrogens (tertiary/aromatic N) is 2. The van der Waals surface area contributed by atoms with Crippen molar-refractivity contribution in [3.05, 3.63) is 100 Å². The lowest BCUT2D eigenvalue weighted by molar-refractivity contribution is 0.0549. The number of halogens is 3. The van der Waals surface area contributed by atoms with Gasteiger partial charge in [-0.05, 0) is 48.5 Å². The third-order valence-electron chi connectivity index (χ3n) is 5.24. The van der Waals surface area contributed by atoms with Gasteiger partial charge in [0, 0.05) is 16.1 Å². The number of methoxy groups -OCH3 is 2. The fraction of sp³-hybridized carbons (Fsp3) is 0.115. The molecule has 3 aromatic carbocycles. The van der Waals surface area contributed by atoms with Gasteiger partial charge in [-0.3, -0.25) is 0 Å². The summed E-state index contributed by atoms with van der Waals surface area (Å²) in [7, 11) is 2.34. The second-order valence-corrected chi connectivity index (χ2v) is 7.90. The number of esters is 2. The minimum absolute atomic E-state index is 0.0170. The highest BCUT2D eigenvalue weighted by molar-refractivity contribution is 6.31. The molecule has 0 bridgehead atoms. The molecule has 1 heterocycles. The van der Waals surface area contributed by atoms with Crippen LogP contribution in [0.25, 0.3) is 16.9 Å². The molecule has 0 radical (unpaired) electrons. The van der Waals surface area contributed by atoms with Gasteiger partial charge in [0.05, 0.1) is 19.9 Å². The number of carbonyl (C=O) groups excluding carboxylic acids is 2. The molecule has 0 N–H and O–H groups in total. The standard InChI is InChI=1S/C26H19ClF2N2O5/c1-34-25(32)22-23(30-31(24(22)26(33)35-2)18-6-4-3-5-7-18)19-13-16(27)8-11-21(19)36-14-15-12-17(28)9-10-20(15)29/h3-13H,14H2,1-2H3. The maximum absolute atomic E-state index is 14.2. The van der Waals surface area contributed by atoms with E-state index in [-0.39, 0.29) is 45.5 Å². The molecule has 0 aliphatic rings. The van der Waals surface area contributed by atoms with E-state index in [0.29, 0.717) is 5.69 Å². The molecule has 0 atom stereocenters. The number of hydrogen-bond acceptors (Lipinski definition) is 6. The highest BCUT2D eigenvalue weighted by atomic mass is 35.5. The number of rotatable bonds is 7. The first-order chi connectivity index (χ1) is 17.3. The van der Waals surface area contributed by atoms with E-state index in [9.17, 15) is 18.4 Å². The maximum Gasteiger partial charge on any atom is 0.357 e. The third-order valence-corrected chi connectivity index (χ3v) is 5.48. The van der Waals surface area contributed by atoms with Gasteiger partial charge in [-0.25, -0.2) is 23.1 Å². The quantitative estimate of drug-likeness (QED) is 0.299. The van der Waals surface area contributed by atoms with Crippen molar-refractivity contribution in [3.63, 3.8) is 0 Å². The molecule has 10 heteroatoms. The molecule has 36 heavy (non-hydrogen) atoms. The lowest BCUT2D eigenvalue weighted by atomic mass is 10.0. The molecule has 184 valence electrons. The predicted molar refractivity (Wildman–Crippen MR) is 127 cm³/mol. The predicted octanol–water partition coefficient (Wildman–Crippen LogP) is 5.62. The smallest absolute Gasteiger partial charge is 0.357 e. The number of para-hydroxylation sites is 1. The van der Waals surface area contributed by atoms with Gasteiger partial charge in [0.1, 0.15) is 35.2 Å². The molecule has 0 amide bonds. The van der Waals surface area contributed by atoms with Crippen LogP contribution in [-0.4, -0.2) is 35.9 Å². The van der Waals surface area contributed by atoms with E-state index >= 15 is 0 Å². The first kappa shape index (κ1) is 24.9. The van der Waals surface area contributed by atoms with Crippen LogP contribution in [-0.2, 0) is 16.1 Å². The highest BCUT2D eigenvalue weighted by Crippen LogP contribution is 2.37. The molecule has 0 spiro atoms. The number of ether oxygens (including phenoxy) is 3. The van der Waals surface area contributed by atoms with Gasteiger partial charge in [-0.15, -0.1) is 0 Å². The van der Waals surface area contributed by atoms with Crippen LogP contribution in [0.4, 0.5) is 8.78 Å². The normalized spacial score (nSPS) is 10.7. The Hall–Kier alpha value is -4.24. The van der Waals surface area contributed by atoms with Gasteiger partial charge in [-0.1, -0.05) is 29.8 Å². The lowest BCUT2D eigenvalue weighted by Gasteiger charge is -2.12. The zero-order valence-corrected chi connectivity index (χ0v) is 19.9. The number of aromatic nitrogens is 2. The molecule has 0 saturated carbocycles. The van der Waals surface area contributed by atoms with Crippen molar-refractivity contribution in [1.29, 1.82) is 0 Å². The van der Waals surface area contributed by atoms with Crippen molar-refractivity contribution in [3.8, 4) is 22.7 Å². The van der Waals surface area contributed by atoms with E-state index in [1.165, 1.54) is 30.0 Å². The van der Waals surface area contributed by atoms with Crippen molar-refractivity contribution in [1.82, 2.24) is 9.78 Å². The first-order valence-corrected chi connectivity index (χ1v) is 10.9. The fourth-order valence-corrected chi connectivity index (χ4v) is 3.74. The van der Waals surface area contributed by atoms with Crippen LogP contribution >= 0.6 is 11.6 Å². The Balaban J connectivity index is 1.91. The summed E-state index contributed by atoms with van der Waals surface area (Å²) >= 11 is 6.24. The summed E-state index contributed by atoms with van der Waals surface area (Å²) in [5.41, 5.74) is 0.336. The van der Waals surface area contributed by atoms with Gasteiger partial charge in [0.2, 0.25) is 0 Å². The molecule has 0 unspecified atom stereocenters. The summed E-state index contributed by atoms with van der Waals surface area (Å²) in [5.74, 6) is -2.80. The van der Waals surface area contributed by atoms with Crippen LogP contribution in [0.15, 0.2) is 66.7 Å². The largest absolute Gasteiger partial charge is 0.488 e. The molecule has 0 aliphatic heterocycles. The molecular formula is C26H19ClF2N2O5. The Bertz CT molecular complexity index is 1440. The summed E-state index contributed by atoms with van der Waals surface area (Å²) in [4.78, 5) is 25.7. The van der Waals surface area contributed by atoms with Crippen LogP contribution in [0.1, 0.15) is 26.4 Å². The topological polar surface area (TPSA) is 79.7 Å². The van der Waals surface area contributed by atoms with Crippen molar-refractivity contribution in [2.45, 2.75) is 6.61 Å². The van der Waals surface area contributed by atoms with E-state index < -0.39 is 23.6 Å². The maximum atomic E-state index is 14.2. The summed E-state index contributed by atoms with van der Waals surface area (Å²) < 4.78 is 44.7. The van der Waals surface area contributed by atoms with Crippen molar-refractivity contribution >= 4 is 23.5 Å². The van der Waals surface area contributed by atoms with Gasteiger partial charge in [0.15, 0.2) is 5.69 Å². The van der Waals surface area contributed by atoms with Crippen LogP contribution in [0, 0.1) is 11.6 Å². The SMILES string of the molecule is COC(=O)c1c(-c2cc(Cl)ccc2OCc2cc(F)ccc2F)nn(-c2ccccc2)c1C(=O)OC. The zero-order chi connectivity index (χ0) is 25.8. The van der Waals surface area contributed by atoms with Gasteiger partial charge in [-0.2, -0.15) is 5.10 Å². The molecule has 0 saturated heterocycles. The molecular weight excluding hydrogens is 494 g/mol. The average Bonchev–Trinajstić information content (AvgIpc) is 3.30. The van der Waals surface area contributed by atoms with Crippen LogP contribution in [0.5, 0.6) is 5.75 Å². The van der Waals surface area contributed by atoms with Crippen molar-refractivity contribution in [2.75, 3.05) is 14.2 Å². The Morgan fingerprint density at radius 1 is 0.944 bits per heavy atom. The molecule has 7 nitrogen and oxygen atoms in total. The number of benzene rings is 3. The second kappa shape index (κ2) is 10.6. The van der Waals surface area contributed by atoms with E-state index in [4.69, 9.17) is 25.8 Å². The van der Waals surface area contributed by atoms with Gasteiger partial charge >= 0.3 is 11.9 Å². The van der Waals surface area contributed by atoms with Gasteiger partial charge in [0.25, 0.3) is 0 Å². The van der Waals surface area contributed by atoms with Crippen molar-refractivity contribution in [2.24, 2.45) is 0 Å². The van der Waals surface area contributed by atoms with E-state index in [0.717, 1.165) is 25.3 Å². The Labute approximate surface area is 209 Å². The van der Waals surface area contributed by atoms with E-state index in [2.05, 4.69) is 5.10 Å². The lowest BCUT2D eigenvalue weighted by Crippen LogP contribution is -2.15. The molecule has 4 aromatic rings. The monoisotopic (exact) mass is 512 g/mol. The van der Waals surface area contributed by atoms with Crippen LogP contribution < -0.4 is 4.74 Å². The highest BCUT2D eigenvalue weighted by Gasteiger charge is 2.32. The number of carbonyl (C=O) groups is 2. The van der Waals surface area contributed by atoms with E-state index in [1.54, 1.807) is 30.3 Å². The first-order valence-electron chi connectivity index (χ1n) is 10.6. The van der Waals surface area contributed by atoms with Crippen LogP contribution in [0.3, 0.4) is 0 Å². The summed E-state index contributed by atoms with van der Waals surface area (Å²) in [6.07, 6.45) is 0. The van der Waals surface area contributed by atoms with E-state index in [1.807, 2.05) is 0 Å². The Kier molecular flexibility index (Phi) is 7.30. The fourth-order valence-electron chi connectivity index (χ4n) is 3.57. The minimum atomic E-state index is -0.852. The average molecular weight is 513 g/mol. The molecule has 0 fully saturated rings.